The second kappa shape index (κ2) is 9.68. The quantitative estimate of drug-likeness (QED) is 0.301. The van der Waals surface area contributed by atoms with Gasteiger partial charge in [0, 0.05) is 23.9 Å². The van der Waals surface area contributed by atoms with E-state index in [1.807, 2.05) is 71.9 Å². The first kappa shape index (κ1) is 23.6. The molecule has 1 rings (SSSR count). The molecule has 0 saturated carbocycles. The Kier molecular flexibility index (Phi) is 8.17. The number of hydrogen-bond donors (Lipinski definition) is 5. The van der Waals surface area contributed by atoms with Crippen molar-refractivity contribution in [3.8, 4) is 0 Å². The molecular weight excluding hydrogens is 354 g/mol. The molecule has 0 radical (unpaired) electrons. The zero-order chi connectivity index (χ0) is 21.5. The van der Waals surface area contributed by atoms with E-state index in [1.54, 1.807) is 0 Å². The van der Waals surface area contributed by atoms with Crippen molar-refractivity contribution in [1.29, 1.82) is 0 Å². The summed E-state index contributed by atoms with van der Waals surface area (Å²) in [5.74, 6) is -0.404. The summed E-state index contributed by atoms with van der Waals surface area (Å²) < 4.78 is 0. The normalized spacial score (nSPS) is 14.1. The molecule has 0 bridgehead atoms. The summed E-state index contributed by atoms with van der Waals surface area (Å²) in [5, 5.41) is 6.18. The fourth-order valence-corrected chi connectivity index (χ4v) is 2.67. The van der Waals surface area contributed by atoms with E-state index in [0.717, 1.165) is 5.56 Å². The highest BCUT2D eigenvalue weighted by atomic mass is 16.2. The van der Waals surface area contributed by atoms with E-state index in [9.17, 15) is 9.59 Å². The highest BCUT2D eigenvalue weighted by Crippen LogP contribution is 2.17. The fourth-order valence-electron chi connectivity index (χ4n) is 2.67. The molecule has 0 aromatic heterocycles. The molecule has 0 aliphatic carbocycles. The molecule has 1 amide bonds. The Morgan fingerprint density at radius 2 is 1.61 bits per heavy atom. The third kappa shape index (κ3) is 8.52. The van der Waals surface area contributed by atoms with Crippen molar-refractivity contribution in [2.75, 3.05) is 6.54 Å². The van der Waals surface area contributed by atoms with Crippen LogP contribution in [0, 0.1) is 5.41 Å². The summed E-state index contributed by atoms with van der Waals surface area (Å²) in [6, 6.07) is 8.22. The Bertz CT molecular complexity index is 683. The average Bonchev–Trinajstić information content (AvgIpc) is 2.56. The number of amides is 1. The molecule has 1 aromatic rings. The first-order chi connectivity index (χ1) is 12.8. The minimum Gasteiger partial charge on any atom is -0.342 e. The van der Waals surface area contributed by atoms with E-state index in [4.69, 9.17) is 11.5 Å². The zero-order valence-corrected chi connectivity index (χ0v) is 17.9. The Balaban J connectivity index is 3.02. The molecule has 0 fully saturated rings. The van der Waals surface area contributed by atoms with Crippen LogP contribution in [0.3, 0.4) is 0 Å². The molecule has 0 aliphatic heterocycles. The summed E-state index contributed by atoms with van der Waals surface area (Å²) in [6.45, 7) is 11.9. The number of ketones is 1. The van der Waals surface area contributed by atoms with Gasteiger partial charge >= 0.3 is 5.96 Å². The van der Waals surface area contributed by atoms with Crippen molar-refractivity contribution >= 4 is 17.6 Å². The van der Waals surface area contributed by atoms with Crippen LogP contribution in [0.25, 0.3) is 0 Å². The Morgan fingerprint density at radius 1 is 1.04 bits per heavy atom. The lowest BCUT2D eigenvalue weighted by Gasteiger charge is -2.29. The second-order valence-corrected chi connectivity index (χ2v) is 9.15. The molecular formula is C21H36N5O2+. The summed E-state index contributed by atoms with van der Waals surface area (Å²) in [4.78, 5) is 28.7. The number of hydrogen-bond acceptors (Lipinski definition) is 3. The van der Waals surface area contributed by atoms with Gasteiger partial charge in [0.2, 0.25) is 0 Å². The van der Waals surface area contributed by atoms with Crippen LogP contribution in [0.1, 0.15) is 47.1 Å². The number of nitrogens with two attached hydrogens (primary N) is 2. The van der Waals surface area contributed by atoms with E-state index in [0.29, 0.717) is 13.0 Å². The average molecular weight is 391 g/mol. The fraction of sp³-hybridized carbons (Fsp3) is 0.571. The van der Waals surface area contributed by atoms with Gasteiger partial charge < -0.3 is 10.6 Å². The van der Waals surface area contributed by atoms with E-state index in [2.05, 4.69) is 15.6 Å². The van der Waals surface area contributed by atoms with Gasteiger partial charge in [0.1, 0.15) is 6.04 Å². The molecule has 0 saturated heterocycles. The van der Waals surface area contributed by atoms with Gasteiger partial charge in [-0.2, -0.15) is 0 Å². The molecule has 1 aromatic carbocycles. The third-order valence-corrected chi connectivity index (χ3v) is 4.15. The van der Waals surface area contributed by atoms with E-state index in [1.165, 1.54) is 0 Å². The molecule has 0 unspecified atom stereocenters. The Labute approximate surface area is 168 Å². The SMILES string of the molecule is CC(C)(C)NC[C@H](NC(=O)[C@H](Cc1ccccc1)[NH+]=C(N)N)C(=O)C(C)(C)C. The maximum atomic E-state index is 13.0. The number of nitrogens with one attached hydrogen (secondary N) is 3. The largest absolute Gasteiger partial charge is 0.342 e. The van der Waals surface area contributed by atoms with Gasteiger partial charge in [-0.25, -0.2) is 0 Å². The standard InChI is InChI=1S/C21H35N5O2/c1-20(2,3)17(27)16(13-24-21(4,5)6)25-18(28)15(26-19(22)23)12-14-10-8-7-9-11-14/h7-11,15-16,24H,12-13H2,1-6H3,(H,25,28)(H4,22,23,26)/p+1/t15-,16-/m0/s1. The molecule has 0 heterocycles. The zero-order valence-electron chi connectivity index (χ0n) is 17.9. The van der Waals surface area contributed by atoms with E-state index in [-0.39, 0.29) is 23.2 Å². The molecule has 7 nitrogen and oxygen atoms in total. The van der Waals surface area contributed by atoms with E-state index >= 15 is 0 Å². The second-order valence-electron chi connectivity index (χ2n) is 9.15. The van der Waals surface area contributed by atoms with Gasteiger partial charge in [-0.1, -0.05) is 51.1 Å². The Hall–Kier alpha value is -2.41. The Morgan fingerprint density at radius 3 is 2.07 bits per heavy atom. The van der Waals surface area contributed by atoms with Crippen LogP contribution in [0.2, 0.25) is 0 Å². The van der Waals surface area contributed by atoms with Crippen LogP contribution >= 0.6 is 0 Å². The van der Waals surface area contributed by atoms with Crippen molar-refractivity contribution in [3.05, 3.63) is 35.9 Å². The first-order valence-electron chi connectivity index (χ1n) is 9.57. The van der Waals surface area contributed by atoms with Crippen molar-refractivity contribution in [3.63, 3.8) is 0 Å². The summed E-state index contributed by atoms with van der Waals surface area (Å²) in [7, 11) is 0. The minimum absolute atomic E-state index is 0.0393. The minimum atomic E-state index is -0.683. The molecule has 28 heavy (non-hydrogen) atoms. The predicted octanol–water partition coefficient (Wildman–Crippen LogP) is -0.560. The van der Waals surface area contributed by atoms with Crippen molar-refractivity contribution < 1.29 is 14.6 Å². The van der Waals surface area contributed by atoms with Gasteiger partial charge in [-0.15, -0.1) is 0 Å². The lowest BCUT2D eigenvalue weighted by Crippen LogP contribution is -2.87. The van der Waals surface area contributed by atoms with Crippen LogP contribution in [0.4, 0.5) is 0 Å². The van der Waals surface area contributed by atoms with Gasteiger partial charge in [-0.05, 0) is 26.3 Å². The first-order valence-corrected chi connectivity index (χ1v) is 9.57. The number of Topliss-reactive ketones (excluding diaryl/α,β-unsaturated/α-hetero) is 1. The molecule has 2 atom stereocenters. The summed E-state index contributed by atoms with van der Waals surface area (Å²) in [6.07, 6.45) is 0.397. The van der Waals surface area contributed by atoms with Crippen molar-refractivity contribution in [2.24, 2.45) is 16.9 Å². The smallest absolute Gasteiger partial charge is 0.339 e. The summed E-state index contributed by atoms with van der Waals surface area (Å²) >= 11 is 0. The molecule has 156 valence electrons. The monoisotopic (exact) mass is 390 g/mol. The van der Waals surface area contributed by atoms with Gasteiger partial charge in [-0.3, -0.25) is 26.0 Å². The lowest BCUT2D eigenvalue weighted by molar-refractivity contribution is -0.489. The number of carbonyl (C=O) groups excluding carboxylic acids is 2. The topological polar surface area (TPSA) is 124 Å². The molecule has 7 heteroatoms. The highest BCUT2D eigenvalue weighted by Gasteiger charge is 2.33. The number of benzene rings is 1. The van der Waals surface area contributed by atoms with Crippen LogP contribution in [-0.2, 0) is 16.0 Å². The predicted molar refractivity (Wildman–Crippen MR) is 112 cm³/mol. The lowest BCUT2D eigenvalue weighted by atomic mass is 9.86. The number of carbonyl (C=O) groups is 2. The maximum Gasteiger partial charge on any atom is 0.339 e. The van der Waals surface area contributed by atoms with Crippen LogP contribution in [0.15, 0.2) is 30.3 Å². The highest BCUT2D eigenvalue weighted by molar-refractivity contribution is 5.93. The molecule has 0 aliphatic rings. The number of rotatable bonds is 8. The maximum absolute atomic E-state index is 13.0. The van der Waals surface area contributed by atoms with Crippen LogP contribution in [0.5, 0.6) is 0 Å². The third-order valence-electron chi connectivity index (χ3n) is 4.15. The molecule has 7 N–H and O–H groups in total. The van der Waals surface area contributed by atoms with Crippen LogP contribution < -0.4 is 27.1 Å². The number of guanidine groups is 1. The van der Waals surface area contributed by atoms with Gasteiger partial charge in [0.25, 0.3) is 5.91 Å². The van der Waals surface area contributed by atoms with Crippen molar-refractivity contribution in [2.45, 2.75) is 65.6 Å². The van der Waals surface area contributed by atoms with Crippen molar-refractivity contribution in [1.82, 2.24) is 10.6 Å². The van der Waals surface area contributed by atoms with Gasteiger partial charge in [0.05, 0.1) is 0 Å². The molecule has 0 spiro atoms. The summed E-state index contributed by atoms with van der Waals surface area (Å²) in [5.41, 5.74) is 11.4. The van der Waals surface area contributed by atoms with Gasteiger partial charge in [0.15, 0.2) is 11.8 Å². The van der Waals surface area contributed by atoms with Crippen LogP contribution in [-0.4, -0.2) is 41.8 Å². The van der Waals surface area contributed by atoms with E-state index < -0.39 is 17.5 Å².